The third-order valence-electron chi connectivity index (χ3n) is 2.74. The predicted octanol–water partition coefficient (Wildman–Crippen LogP) is 0.602. The zero-order valence-corrected chi connectivity index (χ0v) is 8.93. The van der Waals surface area contributed by atoms with Crippen LogP contribution in [0, 0.1) is 0 Å². The summed E-state index contributed by atoms with van der Waals surface area (Å²) in [4.78, 5) is 12.7. The van der Waals surface area contributed by atoms with Crippen molar-refractivity contribution in [3.05, 3.63) is 0 Å². The minimum absolute atomic E-state index is 0. The second kappa shape index (κ2) is 4.26. The van der Waals surface area contributed by atoms with Gasteiger partial charge in [0.05, 0.1) is 6.10 Å². The van der Waals surface area contributed by atoms with Crippen LogP contribution in [0.1, 0.15) is 13.3 Å². The molecule has 0 radical (unpaired) electrons. The summed E-state index contributed by atoms with van der Waals surface area (Å²) in [7, 11) is 3.43. The summed E-state index contributed by atoms with van der Waals surface area (Å²) in [6, 6.07) is 0. The number of rotatable bonds is 2. The van der Waals surface area contributed by atoms with Crippen LogP contribution in [0.25, 0.3) is 0 Å². The van der Waals surface area contributed by atoms with Gasteiger partial charge >= 0.3 is 5.97 Å². The third-order valence-corrected chi connectivity index (χ3v) is 2.74. The van der Waals surface area contributed by atoms with Gasteiger partial charge in [-0.25, -0.2) is 0 Å². The zero-order chi connectivity index (χ0) is 9.35. The third kappa shape index (κ3) is 2.13. The lowest BCUT2D eigenvalue weighted by Crippen LogP contribution is -2.45. The molecule has 0 aromatic heterocycles. The number of carboxylic acid groups (broad SMARTS) is 1. The maximum atomic E-state index is 10.9. The van der Waals surface area contributed by atoms with Crippen LogP contribution in [0.3, 0.4) is 0 Å². The molecule has 2 atom stereocenters. The summed E-state index contributed by atoms with van der Waals surface area (Å²) >= 11 is 0. The number of likely N-dealkylation sites (tertiary alicyclic amines) is 1. The van der Waals surface area contributed by atoms with Gasteiger partial charge in [0, 0.05) is 20.1 Å². The fraction of sp³-hybridized carbons (Fsp3) is 0.875. The molecule has 5 heteroatoms. The fourth-order valence-electron chi connectivity index (χ4n) is 1.58. The van der Waals surface area contributed by atoms with Gasteiger partial charge < -0.3 is 9.84 Å². The van der Waals surface area contributed by atoms with Gasteiger partial charge in [-0.1, -0.05) is 0 Å². The average Bonchev–Trinajstić information content (AvgIpc) is 2.29. The molecule has 1 aliphatic rings. The van der Waals surface area contributed by atoms with E-state index in [9.17, 15) is 4.79 Å². The molecule has 78 valence electrons. The molecule has 1 heterocycles. The monoisotopic (exact) mass is 209 g/mol. The van der Waals surface area contributed by atoms with Crippen LogP contribution < -0.4 is 0 Å². The fourth-order valence-corrected chi connectivity index (χ4v) is 1.58. The molecule has 13 heavy (non-hydrogen) atoms. The summed E-state index contributed by atoms with van der Waals surface area (Å²) < 4.78 is 5.12. The first kappa shape index (κ1) is 12.7. The first-order valence-electron chi connectivity index (χ1n) is 3.98. The molecule has 1 saturated heterocycles. The molecule has 0 bridgehead atoms. The Morgan fingerprint density at radius 3 is 2.46 bits per heavy atom. The van der Waals surface area contributed by atoms with Crippen LogP contribution in [0.15, 0.2) is 0 Å². The van der Waals surface area contributed by atoms with Crippen LogP contribution in [0.2, 0.25) is 0 Å². The number of methoxy groups -OCH3 is 1. The van der Waals surface area contributed by atoms with Gasteiger partial charge in [0.25, 0.3) is 0 Å². The summed E-state index contributed by atoms with van der Waals surface area (Å²) in [5.41, 5.74) is -0.749. The number of carbonyl (C=O) groups is 1. The van der Waals surface area contributed by atoms with Gasteiger partial charge in [0.1, 0.15) is 5.54 Å². The molecule has 1 fully saturated rings. The lowest BCUT2D eigenvalue weighted by Gasteiger charge is -2.26. The van der Waals surface area contributed by atoms with Crippen molar-refractivity contribution >= 4 is 18.4 Å². The summed E-state index contributed by atoms with van der Waals surface area (Å²) in [6.07, 6.45) is 0.617. The molecule has 0 aromatic carbocycles. The molecule has 0 spiro atoms. The van der Waals surface area contributed by atoms with Crippen LogP contribution in [0.4, 0.5) is 0 Å². The summed E-state index contributed by atoms with van der Waals surface area (Å²) in [5, 5.41) is 8.96. The van der Waals surface area contributed by atoms with E-state index in [0.717, 1.165) is 0 Å². The van der Waals surface area contributed by atoms with Gasteiger partial charge in [-0.05, 0) is 14.0 Å². The lowest BCUT2D eigenvalue weighted by atomic mass is 9.99. The summed E-state index contributed by atoms with van der Waals surface area (Å²) in [6.45, 7) is 2.42. The molecule has 1 aliphatic heterocycles. The largest absolute Gasteiger partial charge is 0.480 e. The van der Waals surface area contributed by atoms with Crippen molar-refractivity contribution in [1.82, 2.24) is 4.90 Å². The average molecular weight is 210 g/mol. The number of ether oxygens (including phenoxy) is 1. The maximum absolute atomic E-state index is 10.9. The van der Waals surface area contributed by atoms with Gasteiger partial charge in [0.2, 0.25) is 0 Å². The van der Waals surface area contributed by atoms with E-state index in [-0.39, 0.29) is 18.5 Å². The molecule has 4 nitrogen and oxygen atoms in total. The highest BCUT2D eigenvalue weighted by molar-refractivity contribution is 5.85. The van der Waals surface area contributed by atoms with Gasteiger partial charge in [-0.3, -0.25) is 9.69 Å². The molecule has 0 aromatic rings. The van der Waals surface area contributed by atoms with Gasteiger partial charge in [0.15, 0.2) is 0 Å². The molecule has 0 saturated carbocycles. The maximum Gasteiger partial charge on any atom is 0.323 e. The number of likely N-dealkylation sites (N-methyl/N-ethyl adjacent to an activating group) is 1. The van der Waals surface area contributed by atoms with E-state index in [4.69, 9.17) is 9.84 Å². The van der Waals surface area contributed by atoms with Crippen LogP contribution in [0.5, 0.6) is 0 Å². The van der Waals surface area contributed by atoms with Crippen LogP contribution >= 0.6 is 12.4 Å². The standard InChI is InChI=1S/C8H15NO3.ClH/c1-8(7(10)11)4-6(12-3)5-9(8)2;/h6H,4-5H2,1-3H3,(H,10,11);1H. The van der Waals surface area contributed by atoms with E-state index in [1.807, 2.05) is 11.9 Å². The minimum atomic E-state index is -0.774. The highest BCUT2D eigenvalue weighted by Crippen LogP contribution is 2.28. The van der Waals surface area contributed by atoms with E-state index < -0.39 is 11.5 Å². The molecule has 0 aliphatic carbocycles. The van der Waals surface area contributed by atoms with Crippen molar-refractivity contribution < 1.29 is 14.6 Å². The Labute approximate surface area is 84.3 Å². The number of halogens is 1. The highest BCUT2D eigenvalue weighted by atomic mass is 35.5. The van der Waals surface area contributed by atoms with Crippen molar-refractivity contribution in [2.45, 2.75) is 25.0 Å². The van der Waals surface area contributed by atoms with Crippen LogP contribution in [-0.4, -0.2) is 48.3 Å². The quantitative estimate of drug-likeness (QED) is 0.724. The molecule has 2 unspecified atom stereocenters. The number of hydrogen-bond donors (Lipinski definition) is 1. The number of nitrogens with zero attached hydrogens (tertiary/aromatic N) is 1. The molecular formula is C8H16ClNO3. The van der Waals surface area contributed by atoms with E-state index >= 15 is 0 Å². The predicted molar refractivity (Wildman–Crippen MR) is 51.3 cm³/mol. The minimum Gasteiger partial charge on any atom is -0.480 e. The van der Waals surface area contributed by atoms with Crippen molar-refractivity contribution in [1.29, 1.82) is 0 Å². The van der Waals surface area contributed by atoms with Crippen molar-refractivity contribution in [2.75, 3.05) is 20.7 Å². The van der Waals surface area contributed by atoms with Crippen molar-refractivity contribution in [3.8, 4) is 0 Å². The molecule has 1 rings (SSSR count). The Balaban J connectivity index is 0.00000144. The first-order valence-corrected chi connectivity index (χ1v) is 3.98. The Morgan fingerprint density at radius 2 is 2.23 bits per heavy atom. The normalized spacial score (nSPS) is 34.2. The van der Waals surface area contributed by atoms with E-state index in [2.05, 4.69) is 0 Å². The first-order chi connectivity index (χ1) is 5.50. The summed E-state index contributed by atoms with van der Waals surface area (Å²) in [5.74, 6) is -0.774. The number of aliphatic carboxylic acids is 1. The Hall–Kier alpha value is -0.320. The second-order valence-corrected chi connectivity index (χ2v) is 3.52. The highest BCUT2D eigenvalue weighted by Gasteiger charge is 2.45. The topological polar surface area (TPSA) is 49.8 Å². The number of hydrogen-bond acceptors (Lipinski definition) is 3. The van der Waals surface area contributed by atoms with E-state index in [0.29, 0.717) is 13.0 Å². The van der Waals surface area contributed by atoms with Crippen LogP contribution in [-0.2, 0) is 9.53 Å². The zero-order valence-electron chi connectivity index (χ0n) is 8.11. The Kier molecular flexibility index (Phi) is 4.16. The van der Waals surface area contributed by atoms with E-state index in [1.54, 1.807) is 14.0 Å². The van der Waals surface area contributed by atoms with Crippen molar-refractivity contribution in [2.24, 2.45) is 0 Å². The van der Waals surface area contributed by atoms with E-state index in [1.165, 1.54) is 0 Å². The smallest absolute Gasteiger partial charge is 0.323 e. The van der Waals surface area contributed by atoms with Gasteiger partial charge in [-0.15, -0.1) is 12.4 Å². The lowest BCUT2D eigenvalue weighted by molar-refractivity contribution is -0.147. The Morgan fingerprint density at radius 1 is 1.69 bits per heavy atom. The van der Waals surface area contributed by atoms with Gasteiger partial charge in [-0.2, -0.15) is 0 Å². The molecule has 1 N–H and O–H groups in total. The number of carboxylic acids is 1. The molecular weight excluding hydrogens is 194 g/mol. The SMILES string of the molecule is COC1CN(C)C(C)(C(=O)O)C1.Cl. The Bertz CT molecular complexity index is 200. The molecule has 0 amide bonds. The van der Waals surface area contributed by atoms with Crippen molar-refractivity contribution in [3.63, 3.8) is 0 Å². The second-order valence-electron chi connectivity index (χ2n) is 3.52.